The van der Waals surface area contributed by atoms with E-state index < -0.39 is 0 Å². The lowest BCUT2D eigenvalue weighted by Gasteiger charge is -2.05. The fraction of sp³-hybridized carbons (Fsp3) is 0.167. The van der Waals surface area contributed by atoms with Crippen LogP contribution in [0.1, 0.15) is 5.69 Å². The van der Waals surface area contributed by atoms with Gasteiger partial charge in [-0.3, -0.25) is 9.36 Å². The van der Waals surface area contributed by atoms with Gasteiger partial charge in [-0.15, -0.1) is 5.10 Å². The number of hydrogen-bond donors (Lipinski definition) is 1. The zero-order valence-electron chi connectivity index (χ0n) is 10.2. The summed E-state index contributed by atoms with van der Waals surface area (Å²) in [6.07, 6.45) is 1.55. The highest BCUT2D eigenvalue weighted by Crippen LogP contribution is 2.17. The number of benzene rings is 1. The molecule has 6 nitrogen and oxygen atoms in total. The Morgan fingerprint density at radius 2 is 2.21 bits per heavy atom. The van der Waals surface area contributed by atoms with E-state index in [1.165, 1.54) is 11.5 Å². The van der Waals surface area contributed by atoms with Gasteiger partial charge in [0.2, 0.25) is 0 Å². The van der Waals surface area contributed by atoms with Crippen LogP contribution >= 0.6 is 11.5 Å². The molecule has 3 rings (SSSR count). The van der Waals surface area contributed by atoms with Crippen molar-refractivity contribution in [3.05, 3.63) is 46.6 Å². The molecule has 1 aromatic carbocycles. The van der Waals surface area contributed by atoms with E-state index >= 15 is 0 Å². The zero-order valence-corrected chi connectivity index (χ0v) is 11.0. The van der Waals surface area contributed by atoms with Crippen LogP contribution in [0, 0.1) is 0 Å². The molecule has 0 fully saturated rings. The van der Waals surface area contributed by atoms with Gasteiger partial charge in [-0.1, -0.05) is 16.6 Å². The molecule has 0 saturated heterocycles. The second-order valence-electron chi connectivity index (χ2n) is 3.99. The second-order valence-corrected chi connectivity index (χ2v) is 4.75. The molecular formula is C12H11N5OS. The number of aromatic nitrogens is 4. The quantitative estimate of drug-likeness (QED) is 0.779. The Morgan fingerprint density at radius 1 is 1.37 bits per heavy atom. The van der Waals surface area contributed by atoms with Crippen molar-refractivity contribution in [1.29, 1.82) is 0 Å². The molecule has 0 atom stereocenters. The van der Waals surface area contributed by atoms with Crippen LogP contribution in [0.5, 0.6) is 0 Å². The van der Waals surface area contributed by atoms with E-state index in [1.807, 2.05) is 18.2 Å². The highest BCUT2D eigenvalue weighted by Gasteiger charge is 2.09. The van der Waals surface area contributed by atoms with Crippen molar-refractivity contribution >= 4 is 27.4 Å². The number of nitrogens with zero attached hydrogens (tertiary/aromatic N) is 4. The molecule has 0 aliphatic heterocycles. The van der Waals surface area contributed by atoms with E-state index in [1.54, 1.807) is 24.0 Å². The van der Waals surface area contributed by atoms with Gasteiger partial charge in [0.25, 0.3) is 5.56 Å². The topological polar surface area (TPSA) is 72.7 Å². The van der Waals surface area contributed by atoms with Gasteiger partial charge in [-0.05, 0) is 12.1 Å². The molecule has 2 heterocycles. The SMILES string of the molecule is CNc1snnc1Cn1cnc2ccccc2c1=O. The summed E-state index contributed by atoms with van der Waals surface area (Å²) in [6.45, 7) is 0.364. The molecule has 19 heavy (non-hydrogen) atoms. The van der Waals surface area contributed by atoms with E-state index in [2.05, 4.69) is 19.9 Å². The van der Waals surface area contributed by atoms with Crippen LogP contribution in [-0.4, -0.2) is 26.2 Å². The lowest BCUT2D eigenvalue weighted by Crippen LogP contribution is -2.21. The first kappa shape index (κ1) is 11.8. The predicted octanol–water partition coefficient (Wildman–Crippen LogP) is 1.34. The van der Waals surface area contributed by atoms with Crippen molar-refractivity contribution in [2.45, 2.75) is 6.54 Å². The van der Waals surface area contributed by atoms with E-state index in [4.69, 9.17) is 0 Å². The van der Waals surface area contributed by atoms with Crippen molar-refractivity contribution in [1.82, 2.24) is 19.1 Å². The van der Waals surface area contributed by atoms with E-state index in [-0.39, 0.29) is 5.56 Å². The molecule has 0 saturated carbocycles. The van der Waals surface area contributed by atoms with Crippen molar-refractivity contribution in [2.24, 2.45) is 0 Å². The highest BCUT2D eigenvalue weighted by atomic mass is 32.1. The third-order valence-corrected chi connectivity index (χ3v) is 3.62. The Balaban J connectivity index is 2.07. The van der Waals surface area contributed by atoms with E-state index in [0.29, 0.717) is 17.4 Å². The molecule has 0 amide bonds. The van der Waals surface area contributed by atoms with Crippen LogP contribution in [-0.2, 0) is 6.54 Å². The Morgan fingerprint density at radius 3 is 3.05 bits per heavy atom. The molecule has 0 bridgehead atoms. The van der Waals surface area contributed by atoms with Gasteiger partial charge in [0.1, 0.15) is 10.7 Å². The van der Waals surface area contributed by atoms with Crippen LogP contribution in [0.3, 0.4) is 0 Å². The van der Waals surface area contributed by atoms with Crippen LogP contribution in [0.2, 0.25) is 0 Å². The smallest absolute Gasteiger partial charge is 0.261 e. The molecule has 3 aromatic rings. The van der Waals surface area contributed by atoms with Crippen LogP contribution in [0.25, 0.3) is 10.9 Å². The first-order valence-electron chi connectivity index (χ1n) is 5.73. The monoisotopic (exact) mass is 273 g/mol. The highest BCUT2D eigenvalue weighted by molar-refractivity contribution is 7.10. The minimum absolute atomic E-state index is 0.0688. The zero-order chi connectivity index (χ0) is 13.2. The van der Waals surface area contributed by atoms with Gasteiger partial charge in [-0.25, -0.2) is 4.98 Å². The summed E-state index contributed by atoms with van der Waals surface area (Å²) in [7, 11) is 1.81. The molecule has 0 aliphatic carbocycles. The molecule has 2 aromatic heterocycles. The summed E-state index contributed by atoms with van der Waals surface area (Å²) in [4.78, 5) is 16.6. The van der Waals surface area contributed by atoms with Gasteiger partial charge < -0.3 is 5.32 Å². The summed E-state index contributed by atoms with van der Waals surface area (Å²) in [5.74, 6) is 0. The summed E-state index contributed by atoms with van der Waals surface area (Å²) < 4.78 is 5.42. The average Bonchev–Trinajstić information content (AvgIpc) is 2.89. The number of fused-ring (bicyclic) bond motifs is 1. The lowest BCUT2D eigenvalue weighted by molar-refractivity contribution is 0.727. The Labute approximate surface area is 112 Å². The minimum atomic E-state index is -0.0688. The largest absolute Gasteiger partial charge is 0.377 e. The third kappa shape index (κ3) is 2.08. The van der Waals surface area contributed by atoms with Crippen molar-refractivity contribution < 1.29 is 0 Å². The molecule has 0 aliphatic rings. The number of nitrogens with one attached hydrogen (secondary N) is 1. The normalized spacial score (nSPS) is 10.8. The maximum absolute atomic E-state index is 12.3. The predicted molar refractivity (Wildman–Crippen MR) is 74.6 cm³/mol. The molecule has 1 N–H and O–H groups in total. The maximum Gasteiger partial charge on any atom is 0.261 e. The molecule has 0 spiro atoms. The summed E-state index contributed by atoms with van der Waals surface area (Å²) in [5.41, 5.74) is 1.38. The average molecular weight is 273 g/mol. The van der Waals surface area contributed by atoms with Crippen molar-refractivity contribution in [3.63, 3.8) is 0 Å². The summed E-state index contributed by atoms with van der Waals surface area (Å²) >= 11 is 1.27. The third-order valence-electron chi connectivity index (χ3n) is 2.83. The molecule has 0 radical (unpaired) electrons. The first-order chi connectivity index (χ1) is 9.29. The lowest BCUT2D eigenvalue weighted by atomic mass is 10.2. The minimum Gasteiger partial charge on any atom is -0.377 e. The van der Waals surface area contributed by atoms with Crippen LogP contribution < -0.4 is 10.9 Å². The standard InChI is InChI=1S/C12H11N5OS/c1-13-11-10(15-16-19-11)6-17-7-14-9-5-3-2-4-8(9)12(17)18/h2-5,7,13H,6H2,1H3. The Kier molecular flexibility index (Phi) is 2.96. The van der Waals surface area contributed by atoms with Gasteiger partial charge in [-0.2, -0.15) is 0 Å². The first-order valence-corrected chi connectivity index (χ1v) is 6.50. The number of para-hydroxylation sites is 1. The van der Waals surface area contributed by atoms with Crippen LogP contribution in [0.15, 0.2) is 35.4 Å². The maximum atomic E-state index is 12.3. The van der Waals surface area contributed by atoms with Crippen LogP contribution in [0.4, 0.5) is 5.00 Å². The van der Waals surface area contributed by atoms with E-state index in [0.717, 1.165) is 10.7 Å². The van der Waals surface area contributed by atoms with Gasteiger partial charge in [0.05, 0.1) is 23.8 Å². The fourth-order valence-electron chi connectivity index (χ4n) is 1.88. The fourth-order valence-corrected chi connectivity index (χ4v) is 2.41. The molecule has 0 unspecified atom stereocenters. The molecule has 7 heteroatoms. The Hall–Kier alpha value is -2.28. The second kappa shape index (κ2) is 4.77. The summed E-state index contributed by atoms with van der Waals surface area (Å²) in [5, 5.41) is 8.50. The molecule has 96 valence electrons. The number of anilines is 1. The van der Waals surface area contributed by atoms with Crippen molar-refractivity contribution in [2.75, 3.05) is 12.4 Å². The van der Waals surface area contributed by atoms with Gasteiger partial charge in [0, 0.05) is 18.6 Å². The van der Waals surface area contributed by atoms with E-state index in [9.17, 15) is 4.79 Å². The van der Waals surface area contributed by atoms with Gasteiger partial charge >= 0.3 is 0 Å². The molecular weight excluding hydrogens is 262 g/mol. The number of hydrogen-bond acceptors (Lipinski definition) is 6. The Bertz CT molecular complexity index is 779. The summed E-state index contributed by atoms with van der Waals surface area (Å²) in [6, 6.07) is 7.30. The van der Waals surface area contributed by atoms with Crippen molar-refractivity contribution in [3.8, 4) is 0 Å². The number of rotatable bonds is 3. The van der Waals surface area contributed by atoms with Gasteiger partial charge in [0.15, 0.2) is 0 Å².